The molecule has 17 heavy (non-hydrogen) atoms. The fraction of sp³-hybridized carbons (Fsp3) is 0.455. The number of hydrazine groups is 1. The average molecular weight is 236 g/mol. The highest BCUT2D eigenvalue weighted by molar-refractivity contribution is 5.68. The summed E-state index contributed by atoms with van der Waals surface area (Å²) >= 11 is 0. The van der Waals surface area contributed by atoms with Gasteiger partial charge in [-0.05, 0) is 31.4 Å². The van der Waals surface area contributed by atoms with Gasteiger partial charge < -0.3 is 10.3 Å². The Hall–Kier alpha value is -1.82. The van der Waals surface area contributed by atoms with Gasteiger partial charge >= 0.3 is 0 Å². The maximum atomic E-state index is 10.8. The van der Waals surface area contributed by atoms with Gasteiger partial charge in [-0.25, -0.2) is 0 Å². The van der Waals surface area contributed by atoms with Gasteiger partial charge in [-0.1, -0.05) is 0 Å². The summed E-state index contributed by atoms with van der Waals surface area (Å²) in [6.07, 6.45) is 3.59. The number of nitro benzene ring substituents is 1. The lowest BCUT2D eigenvalue weighted by Gasteiger charge is -2.29. The number of nitrogens with two attached hydrogens (primary N) is 1. The lowest BCUT2D eigenvalue weighted by Crippen LogP contribution is -2.29. The van der Waals surface area contributed by atoms with Crippen LogP contribution in [0.4, 0.5) is 17.1 Å². The van der Waals surface area contributed by atoms with Crippen molar-refractivity contribution in [3.05, 3.63) is 28.3 Å². The Morgan fingerprint density at radius 2 is 2.00 bits per heavy atom. The monoisotopic (exact) mass is 236 g/mol. The summed E-state index contributed by atoms with van der Waals surface area (Å²) in [6.45, 7) is 2.00. The molecule has 1 aromatic rings. The molecular formula is C11H16N4O2. The summed E-state index contributed by atoms with van der Waals surface area (Å²) in [5.41, 5.74) is 3.74. The van der Waals surface area contributed by atoms with Gasteiger partial charge in [-0.3, -0.25) is 16.0 Å². The molecule has 0 amide bonds. The van der Waals surface area contributed by atoms with Crippen molar-refractivity contribution < 1.29 is 4.92 Å². The molecule has 0 bridgehead atoms. The Morgan fingerprint density at radius 3 is 2.59 bits per heavy atom. The van der Waals surface area contributed by atoms with E-state index in [1.165, 1.54) is 25.3 Å². The number of piperidine rings is 1. The molecule has 0 radical (unpaired) electrons. The SMILES string of the molecule is NNc1cc(N2CCCCC2)ccc1[N+](=O)[O-]. The molecule has 1 saturated heterocycles. The molecule has 2 rings (SSSR count). The molecule has 0 spiro atoms. The van der Waals surface area contributed by atoms with Crippen LogP contribution in [0.3, 0.4) is 0 Å². The first kappa shape index (κ1) is 11.7. The van der Waals surface area contributed by atoms with Crippen molar-refractivity contribution in [1.29, 1.82) is 0 Å². The summed E-state index contributed by atoms with van der Waals surface area (Å²) in [6, 6.07) is 5.02. The van der Waals surface area contributed by atoms with Crippen LogP contribution in [0.2, 0.25) is 0 Å². The zero-order valence-electron chi connectivity index (χ0n) is 9.56. The number of nitrogens with one attached hydrogen (secondary N) is 1. The number of hydrogen-bond donors (Lipinski definition) is 2. The molecule has 0 aliphatic carbocycles. The van der Waals surface area contributed by atoms with Gasteiger partial charge in [0.1, 0.15) is 5.69 Å². The molecule has 1 heterocycles. The van der Waals surface area contributed by atoms with E-state index in [0.717, 1.165) is 18.8 Å². The number of rotatable bonds is 3. The van der Waals surface area contributed by atoms with Crippen molar-refractivity contribution in [2.45, 2.75) is 19.3 Å². The molecule has 92 valence electrons. The molecule has 6 nitrogen and oxygen atoms in total. The molecule has 1 aromatic carbocycles. The minimum Gasteiger partial charge on any atom is -0.371 e. The minimum atomic E-state index is -0.435. The Kier molecular flexibility index (Phi) is 3.43. The van der Waals surface area contributed by atoms with E-state index in [0.29, 0.717) is 5.69 Å². The summed E-state index contributed by atoms with van der Waals surface area (Å²) in [7, 11) is 0. The first-order valence-corrected chi connectivity index (χ1v) is 5.72. The van der Waals surface area contributed by atoms with E-state index in [9.17, 15) is 10.1 Å². The van der Waals surface area contributed by atoms with E-state index in [4.69, 9.17) is 5.84 Å². The van der Waals surface area contributed by atoms with Crippen LogP contribution >= 0.6 is 0 Å². The Balaban J connectivity index is 2.27. The highest BCUT2D eigenvalue weighted by Gasteiger charge is 2.17. The average Bonchev–Trinajstić information content (AvgIpc) is 2.39. The van der Waals surface area contributed by atoms with Gasteiger partial charge in [-0.15, -0.1) is 0 Å². The first-order chi connectivity index (χ1) is 8.22. The van der Waals surface area contributed by atoms with Crippen LogP contribution in [0.15, 0.2) is 18.2 Å². The van der Waals surface area contributed by atoms with E-state index in [1.54, 1.807) is 12.1 Å². The van der Waals surface area contributed by atoms with E-state index < -0.39 is 4.92 Å². The summed E-state index contributed by atoms with van der Waals surface area (Å²) in [5.74, 6) is 5.31. The number of nitrogens with zero attached hydrogens (tertiary/aromatic N) is 2. The van der Waals surface area contributed by atoms with E-state index >= 15 is 0 Å². The zero-order chi connectivity index (χ0) is 12.3. The van der Waals surface area contributed by atoms with Crippen LogP contribution < -0.4 is 16.2 Å². The number of nitrogen functional groups attached to an aromatic ring is 1. The van der Waals surface area contributed by atoms with E-state index in [-0.39, 0.29) is 5.69 Å². The maximum Gasteiger partial charge on any atom is 0.293 e. The molecule has 0 saturated carbocycles. The Bertz CT molecular complexity index is 416. The molecule has 0 aromatic heterocycles. The highest BCUT2D eigenvalue weighted by atomic mass is 16.6. The second-order valence-electron chi connectivity index (χ2n) is 4.15. The molecule has 0 atom stereocenters. The lowest BCUT2D eigenvalue weighted by molar-refractivity contribution is -0.383. The van der Waals surface area contributed by atoms with Gasteiger partial charge in [0.05, 0.1) is 4.92 Å². The number of benzene rings is 1. The van der Waals surface area contributed by atoms with Crippen molar-refractivity contribution in [2.75, 3.05) is 23.4 Å². The van der Waals surface area contributed by atoms with Gasteiger partial charge in [0.25, 0.3) is 5.69 Å². The third-order valence-electron chi connectivity index (χ3n) is 3.05. The standard InChI is InChI=1S/C11H16N4O2/c12-13-10-8-9(4-5-11(10)15(16)17)14-6-2-1-3-7-14/h4-5,8,13H,1-3,6-7,12H2. The van der Waals surface area contributed by atoms with Gasteiger partial charge in [0.15, 0.2) is 0 Å². The molecule has 6 heteroatoms. The van der Waals surface area contributed by atoms with Crippen LogP contribution in [0.25, 0.3) is 0 Å². The fourth-order valence-electron chi connectivity index (χ4n) is 2.15. The first-order valence-electron chi connectivity index (χ1n) is 5.72. The Labute approximate surface area is 99.5 Å². The molecule has 0 unspecified atom stereocenters. The summed E-state index contributed by atoms with van der Waals surface area (Å²) < 4.78 is 0. The number of nitro groups is 1. The maximum absolute atomic E-state index is 10.8. The van der Waals surface area contributed by atoms with Gasteiger partial charge in [0.2, 0.25) is 0 Å². The highest BCUT2D eigenvalue weighted by Crippen LogP contribution is 2.30. The molecule has 1 aliphatic rings. The minimum absolute atomic E-state index is 0.00765. The molecule has 1 fully saturated rings. The van der Waals surface area contributed by atoms with E-state index in [2.05, 4.69) is 10.3 Å². The molecule has 3 N–H and O–H groups in total. The largest absolute Gasteiger partial charge is 0.371 e. The lowest BCUT2D eigenvalue weighted by atomic mass is 10.1. The number of anilines is 2. The number of hydrogen-bond acceptors (Lipinski definition) is 5. The summed E-state index contributed by atoms with van der Waals surface area (Å²) in [5, 5.41) is 10.8. The van der Waals surface area contributed by atoms with Gasteiger partial charge in [-0.2, -0.15) is 0 Å². The third kappa shape index (κ3) is 2.47. The Morgan fingerprint density at radius 1 is 1.29 bits per heavy atom. The second-order valence-corrected chi connectivity index (χ2v) is 4.15. The predicted molar refractivity (Wildman–Crippen MR) is 67.0 cm³/mol. The normalized spacial score (nSPS) is 15.7. The molecular weight excluding hydrogens is 220 g/mol. The second kappa shape index (κ2) is 5.01. The quantitative estimate of drug-likeness (QED) is 0.475. The van der Waals surface area contributed by atoms with Crippen LogP contribution in [0.1, 0.15) is 19.3 Å². The molecule has 1 aliphatic heterocycles. The van der Waals surface area contributed by atoms with Crippen molar-refractivity contribution in [2.24, 2.45) is 5.84 Å². The van der Waals surface area contributed by atoms with Crippen molar-refractivity contribution in [1.82, 2.24) is 0 Å². The van der Waals surface area contributed by atoms with Crippen LogP contribution in [-0.4, -0.2) is 18.0 Å². The fourth-order valence-corrected chi connectivity index (χ4v) is 2.15. The topological polar surface area (TPSA) is 84.4 Å². The van der Waals surface area contributed by atoms with Crippen LogP contribution in [0.5, 0.6) is 0 Å². The van der Waals surface area contributed by atoms with E-state index in [1.807, 2.05) is 0 Å². The van der Waals surface area contributed by atoms with Gasteiger partial charge in [0, 0.05) is 24.8 Å². The zero-order valence-corrected chi connectivity index (χ0v) is 9.56. The van der Waals surface area contributed by atoms with Crippen LogP contribution in [-0.2, 0) is 0 Å². The summed E-state index contributed by atoms with van der Waals surface area (Å²) in [4.78, 5) is 12.6. The van der Waals surface area contributed by atoms with Crippen molar-refractivity contribution in [3.8, 4) is 0 Å². The predicted octanol–water partition coefficient (Wildman–Crippen LogP) is 1.87. The third-order valence-corrected chi connectivity index (χ3v) is 3.05. The van der Waals surface area contributed by atoms with Crippen LogP contribution in [0, 0.1) is 10.1 Å². The van der Waals surface area contributed by atoms with Crippen molar-refractivity contribution in [3.63, 3.8) is 0 Å². The smallest absolute Gasteiger partial charge is 0.293 e. The van der Waals surface area contributed by atoms with Crippen molar-refractivity contribution >= 4 is 17.1 Å².